The summed E-state index contributed by atoms with van der Waals surface area (Å²) in [4.78, 5) is 15.2. The van der Waals surface area contributed by atoms with E-state index in [0.717, 1.165) is 40.1 Å². The van der Waals surface area contributed by atoms with E-state index in [1.807, 2.05) is 72.8 Å². The fourth-order valence-corrected chi connectivity index (χ4v) is 3.99. The molecule has 0 aliphatic carbocycles. The Morgan fingerprint density at radius 2 is 1.67 bits per heavy atom. The van der Waals surface area contributed by atoms with Crippen LogP contribution in [-0.4, -0.2) is 23.4 Å². The number of aliphatic carboxylic acids is 1. The van der Waals surface area contributed by atoms with Crippen LogP contribution in [0.25, 0.3) is 11.8 Å². The zero-order valence-corrected chi connectivity index (χ0v) is 20.9. The van der Waals surface area contributed by atoms with Crippen LogP contribution >= 0.6 is 23.2 Å². The maximum atomic E-state index is 10.5. The van der Waals surface area contributed by atoms with Crippen molar-refractivity contribution in [3.05, 3.63) is 111 Å². The highest BCUT2D eigenvalue weighted by atomic mass is 35.5. The van der Waals surface area contributed by atoms with E-state index in [1.165, 1.54) is 0 Å². The summed E-state index contributed by atoms with van der Waals surface area (Å²) >= 11 is 12.3. The molecule has 6 heteroatoms. The van der Waals surface area contributed by atoms with Crippen LogP contribution in [0.2, 0.25) is 10.0 Å². The summed E-state index contributed by atoms with van der Waals surface area (Å²) < 4.78 is 5.54. The highest BCUT2D eigenvalue weighted by Gasteiger charge is 2.12. The molecule has 1 aliphatic heterocycles. The second-order valence-corrected chi connectivity index (χ2v) is 8.94. The van der Waals surface area contributed by atoms with E-state index in [0.29, 0.717) is 28.8 Å². The van der Waals surface area contributed by atoms with Crippen molar-refractivity contribution in [2.24, 2.45) is 4.99 Å². The summed E-state index contributed by atoms with van der Waals surface area (Å²) in [6, 6.07) is 20.9. The molecular formula is C30H23Cl2NO3. The molecule has 4 rings (SSSR count). The number of rotatable bonds is 8. The standard InChI is InChI=1S/C30H23Cl2NO3/c31-24-12-17-27(28(32)20-24)29-18-14-25(33-29)13-9-22-6-3-21(4-7-22)5-8-23-10-15-26(16-11-23)36-19-1-2-30(34)35/h3-4,6-7,9-13,15-18,20H,1-2,14,19H2,(H,34,35)/b13-9+. The number of benzene rings is 3. The zero-order chi connectivity index (χ0) is 25.3. The molecule has 3 aromatic rings. The lowest BCUT2D eigenvalue weighted by Gasteiger charge is -2.04. The Bertz CT molecular complexity index is 1390. The van der Waals surface area contributed by atoms with E-state index in [-0.39, 0.29) is 6.42 Å². The highest BCUT2D eigenvalue weighted by Crippen LogP contribution is 2.30. The first-order valence-corrected chi connectivity index (χ1v) is 12.2. The molecule has 1 aliphatic rings. The van der Waals surface area contributed by atoms with E-state index in [2.05, 4.69) is 22.9 Å². The van der Waals surface area contributed by atoms with E-state index in [1.54, 1.807) is 6.07 Å². The number of hydrogen-bond donors (Lipinski definition) is 1. The molecule has 1 heterocycles. The monoisotopic (exact) mass is 515 g/mol. The molecule has 0 bridgehead atoms. The Balaban J connectivity index is 1.31. The van der Waals surface area contributed by atoms with Gasteiger partial charge in [0.05, 0.1) is 17.3 Å². The number of aliphatic imine (C=N–C) groups is 1. The maximum absolute atomic E-state index is 10.5. The lowest BCUT2D eigenvalue weighted by atomic mass is 10.1. The first-order chi connectivity index (χ1) is 17.5. The molecule has 0 saturated carbocycles. The Labute approximate surface area is 220 Å². The molecule has 0 fully saturated rings. The third-order valence-corrected chi connectivity index (χ3v) is 5.91. The molecule has 0 amide bonds. The van der Waals surface area contributed by atoms with Gasteiger partial charge in [-0.05, 0) is 72.7 Å². The van der Waals surface area contributed by atoms with Gasteiger partial charge in [-0.3, -0.25) is 9.79 Å². The van der Waals surface area contributed by atoms with Crippen molar-refractivity contribution in [2.45, 2.75) is 19.3 Å². The number of carboxylic acid groups (broad SMARTS) is 1. The summed E-state index contributed by atoms with van der Waals surface area (Å²) in [6.45, 7) is 0.375. The van der Waals surface area contributed by atoms with Gasteiger partial charge in [-0.15, -0.1) is 0 Å². The smallest absolute Gasteiger partial charge is 0.303 e. The molecule has 0 atom stereocenters. The predicted molar refractivity (Wildman–Crippen MR) is 147 cm³/mol. The van der Waals surface area contributed by atoms with E-state index >= 15 is 0 Å². The van der Waals surface area contributed by atoms with Gasteiger partial charge in [-0.25, -0.2) is 0 Å². The van der Waals surface area contributed by atoms with Crippen LogP contribution in [0.4, 0.5) is 0 Å². The van der Waals surface area contributed by atoms with Crippen molar-refractivity contribution in [3.8, 4) is 17.6 Å². The number of nitrogens with zero attached hydrogens (tertiary/aromatic N) is 1. The van der Waals surface area contributed by atoms with Crippen molar-refractivity contribution in [3.63, 3.8) is 0 Å². The predicted octanol–water partition coefficient (Wildman–Crippen LogP) is 7.54. The molecule has 0 saturated heterocycles. The zero-order valence-electron chi connectivity index (χ0n) is 19.4. The van der Waals surface area contributed by atoms with Crippen LogP contribution in [0.15, 0.2) is 83.9 Å². The van der Waals surface area contributed by atoms with E-state index in [4.69, 9.17) is 33.0 Å². The van der Waals surface area contributed by atoms with E-state index in [9.17, 15) is 4.79 Å². The fraction of sp³-hybridized carbons (Fsp3) is 0.133. The SMILES string of the molecule is O=C(O)CCCOc1ccc(C#Cc2ccc(/C=C/C3=NC(c4ccc(Cl)cc4Cl)=CC3)cc2)cc1. The second-order valence-electron chi connectivity index (χ2n) is 8.10. The quantitative estimate of drug-likeness (QED) is 0.249. The van der Waals surface area contributed by atoms with Gasteiger partial charge in [0, 0.05) is 40.3 Å². The summed E-state index contributed by atoms with van der Waals surface area (Å²) in [5, 5.41) is 9.86. The normalized spacial score (nSPS) is 12.6. The maximum Gasteiger partial charge on any atom is 0.303 e. The molecule has 3 aromatic carbocycles. The number of carboxylic acids is 1. The first-order valence-electron chi connectivity index (χ1n) is 11.4. The van der Waals surface area contributed by atoms with Crippen LogP contribution in [0.1, 0.15) is 41.5 Å². The molecule has 0 spiro atoms. The fourth-order valence-electron chi connectivity index (χ4n) is 3.48. The molecule has 180 valence electrons. The van der Waals surface area contributed by atoms with Crippen molar-refractivity contribution in [1.29, 1.82) is 0 Å². The molecule has 0 unspecified atom stereocenters. The average Bonchev–Trinajstić information content (AvgIpc) is 3.34. The number of carbonyl (C=O) groups is 1. The van der Waals surface area contributed by atoms with Gasteiger partial charge < -0.3 is 9.84 Å². The Kier molecular flexibility index (Phi) is 8.62. The Hall–Kier alpha value is -3.78. The summed E-state index contributed by atoms with van der Waals surface area (Å²) in [7, 11) is 0. The largest absolute Gasteiger partial charge is 0.494 e. The van der Waals surface area contributed by atoms with Crippen LogP contribution in [0.5, 0.6) is 5.75 Å². The minimum absolute atomic E-state index is 0.102. The van der Waals surface area contributed by atoms with Crippen LogP contribution < -0.4 is 4.74 Å². The summed E-state index contributed by atoms with van der Waals surface area (Å²) in [5.74, 6) is 6.20. The van der Waals surface area contributed by atoms with Gasteiger partial charge in [-0.1, -0.05) is 59.3 Å². The lowest BCUT2D eigenvalue weighted by Crippen LogP contribution is -2.01. The minimum Gasteiger partial charge on any atom is -0.494 e. The molecule has 0 aromatic heterocycles. The van der Waals surface area contributed by atoms with Gasteiger partial charge in [0.25, 0.3) is 0 Å². The minimum atomic E-state index is -0.816. The van der Waals surface area contributed by atoms with Crippen LogP contribution in [-0.2, 0) is 4.79 Å². The van der Waals surface area contributed by atoms with E-state index < -0.39 is 5.97 Å². The van der Waals surface area contributed by atoms with Crippen molar-refractivity contribution in [2.75, 3.05) is 6.61 Å². The Morgan fingerprint density at radius 3 is 2.33 bits per heavy atom. The molecule has 36 heavy (non-hydrogen) atoms. The highest BCUT2D eigenvalue weighted by molar-refractivity contribution is 6.35. The third-order valence-electron chi connectivity index (χ3n) is 5.36. The molecule has 0 radical (unpaired) electrons. The van der Waals surface area contributed by atoms with Gasteiger partial charge in [0.15, 0.2) is 0 Å². The van der Waals surface area contributed by atoms with Gasteiger partial charge in [-0.2, -0.15) is 0 Å². The summed E-state index contributed by atoms with van der Waals surface area (Å²) in [5.41, 5.74) is 5.56. The second kappa shape index (κ2) is 12.3. The third kappa shape index (κ3) is 7.36. The summed E-state index contributed by atoms with van der Waals surface area (Å²) in [6.07, 6.45) is 7.44. The number of ether oxygens (including phenoxy) is 1. The molecule has 4 nitrogen and oxygen atoms in total. The Morgan fingerprint density at radius 1 is 0.972 bits per heavy atom. The molecular weight excluding hydrogens is 493 g/mol. The van der Waals surface area contributed by atoms with Crippen molar-refractivity contribution in [1.82, 2.24) is 0 Å². The average molecular weight is 516 g/mol. The van der Waals surface area contributed by atoms with Crippen molar-refractivity contribution < 1.29 is 14.6 Å². The van der Waals surface area contributed by atoms with Crippen molar-refractivity contribution >= 4 is 46.7 Å². The first kappa shape index (κ1) is 25.3. The van der Waals surface area contributed by atoms with Gasteiger partial charge in [0.2, 0.25) is 0 Å². The molecule has 1 N–H and O–H groups in total. The topological polar surface area (TPSA) is 58.9 Å². The lowest BCUT2D eigenvalue weighted by molar-refractivity contribution is -0.137. The van der Waals surface area contributed by atoms with Gasteiger partial charge >= 0.3 is 5.97 Å². The van der Waals surface area contributed by atoms with Crippen LogP contribution in [0.3, 0.4) is 0 Å². The number of allylic oxidation sites excluding steroid dienone is 2. The number of hydrogen-bond acceptors (Lipinski definition) is 3. The number of halogens is 2. The van der Waals surface area contributed by atoms with Gasteiger partial charge in [0.1, 0.15) is 5.75 Å². The van der Waals surface area contributed by atoms with Crippen LogP contribution in [0, 0.1) is 11.8 Å².